The van der Waals surface area contributed by atoms with Crippen molar-refractivity contribution in [2.24, 2.45) is 0 Å². The first-order chi connectivity index (χ1) is 51.4. The summed E-state index contributed by atoms with van der Waals surface area (Å²) in [4.78, 5) is 31.2. The van der Waals surface area contributed by atoms with Crippen molar-refractivity contribution < 1.29 is 0 Å². The van der Waals surface area contributed by atoms with Crippen LogP contribution >= 0.6 is 0 Å². The van der Waals surface area contributed by atoms with E-state index in [4.69, 9.17) is 29.9 Å². The molecule has 0 aliphatic heterocycles. The third kappa shape index (κ3) is 9.06. The highest BCUT2D eigenvalue weighted by Gasteiger charge is 2.40. The summed E-state index contributed by atoms with van der Waals surface area (Å²) >= 11 is 0. The van der Waals surface area contributed by atoms with Gasteiger partial charge in [-0.25, -0.2) is 29.9 Å². The van der Waals surface area contributed by atoms with Crippen LogP contribution in [0.1, 0.15) is 25.0 Å². The van der Waals surface area contributed by atoms with E-state index in [1.165, 1.54) is 87.1 Å². The highest BCUT2D eigenvalue weighted by atomic mass is 15.1. The van der Waals surface area contributed by atoms with Gasteiger partial charge in [-0.05, 0) is 146 Å². The lowest BCUT2D eigenvalue weighted by Gasteiger charge is -2.24. The highest BCUT2D eigenvalue weighted by Crippen LogP contribution is 2.57. The van der Waals surface area contributed by atoms with Crippen molar-refractivity contribution >= 4 is 87.0 Å². The number of aromatic nitrogens is 9. The second-order valence-electron chi connectivity index (χ2n) is 27.7. The van der Waals surface area contributed by atoms with Crippen LogP contribution in [-0.2, 0) is 5.41 Å². The molecule has 0 N–H and O–H groups in total. The van der Waals surface area contributed by atoms with Gasteiger partial charge in [-0.15, -0.1) is 0 Å². The predicted octanol–water partition coefficient (Wildman–Crippen LogP) is 23.6. The number of fused-ring (bicyclic) bond motifs is 20. The number of hydrogen-bond acceptors (Lipinski definition) is 6. The summed E-state index contributed by atoms with van der Waals surface area (Å²) < 4.78 is 7.42. The van der Waals surface area contributed by atoms with Crippen LogP contribution in [-0.4, -0.2) is 43.6 Å². The summed E-state index contributed by atoms with van der Waals surface area (Å²) in [5.41, 5.74) is 22.5. The Morgan fingerprint density at radius 1 is 0.231 bits per heavy atom. The van der Waals surface area contributed by atoms with Crippen LogP contribution in [0.2, 0.25) is 0 Å². The monoisotopic (exact) mass is 1330 g/mol. The molecule has 0 fully saturated rings. The van der Waals surface area contributed by atoms with Crippen molar-refractivity contribution in [3.8, 4) is 108 Å². The van der Waals surface area contributed by atoms with Crippen LogP contribution in [0, 0.1) is 0 Å². The molecule has 0 saturated heterocycles. The van der Waals surface area contributed by atoms with E-state index in [0.29, 0.717) is 34.9 Å². The molecular formula is C95H61N9. The van der Waals surface area contributed by atoms with Crippen molar-refractivity contribution in [1.82, 2.24) is 43.6 Å². The van der Waals surface area contributed by atoms with Gasteiger partial charge in [0.2, 0.25) is 0 Å². The van der Waals surface area contributed by atoms with Crippen molar-refractivity contribution in [3.05, 3.63) is 345 Å². The first kappa shape index (κ1) is 59.1. The first-order valence-corrected chi connectivity index (χ1v) is 35.4. The largest absolute Gasteiger partial charge is 0.309 e. The van der Waals surface area contributed by atoms with Crippen LogP contribution in [0.4, 0.5) is 0 Å². The smallest absolute Gasteiger partial charge is 0.164 e. The predicted molar refractivity (Wildman–Crippen MR) is 427 cm³/mol. The Kier molecular flexibility index (Phi) is 13.2. The summed E-state index contributed by atoms with van der Waals surface area (Å²) in [6.45, 7) is 4.80. The lowest BCUT2D eigenvalue weighted by atomic mass is 9.80. The Balaban J connectivity index is 0.698. The molecule has 9 nitrogen and oxygen atoms in total. The maximum atomic E-state index is 5.41. The second kappa shape index (κ2) is 23.2. The lowest BCUT2D eigenvalue weighted by Crippen LogP contribution is -2.16. The molecule has 104 heavy (non-hydrogen) atoms. The van der Waals surface area contributed by atoms with Gasteiger partial charge in [-0.1, -0.05) is 257 Å². The molecule has 9 heteroatoms. The normalized spacial score (nSPS) is 12.6. The molecular weight excluding hydrogens is 1270 g/mol. The summed E-state index contributed by atoms with van der Waals surface area (Å²) in [5.74, 6) is 3.66. The molecule has 5 heterocycles. The Morgan fingerprint density at radius 2 is 0.548 bits per heavy atom. The van der Waals surface area contributed by atoms with Crippen LogP contribution in [0.5, 0.6) is 0 Å². The molecule has 486 valence electrons. The number of hydrogen-bond donors (Lipinski definition) is 0. The molecule has 21 rings (SSSR count). The molecule has 0 amide bonds. The van der Waals surface area contributed by atoms with Gasteiger partial charge in [0.25, 0.3) is 0 Å². The Hall–Kier alpha value is -13.8. The Morgan fingerprint density at radius 3 is 1.02 bits per heavy atom. The summed E-state index contributed by atoms with van der Waals surface area (Å²) in [7, 11) is 0. The van der Waals surface area contributed by atoms with Crippen LogP contribution in [0.15, 0.2) is 334 Å². The summed E-state index contributed by atoms with van der Waals surface area (Å²) in [6, 6.07) is 119. The van der Waals surface area contributed by atoms with Gasteiger partial charge in [0, 0.05) is 88.2 Å². The van der Waals surface area contributed by atoms with E-state index in [0.717, 1.165) is 83.6 Å². The molecule has 20 aromatic rings. The van der Waals surface area contributed by atoms with Crippen molar-refractivity contribution in [2.75, 3.05) is 0 Å². The zero-order valence-corrected chi connectivity index (χ0v) is 56.8. The highest BCUT2D eigenvalue weighted by molar-refractivity contribution is 6.36. The first-order valence-electron chi connectivity index (χ1n) is 35.4. The molecule has 0 radical (unpaired) electrons. The van der Waals surface area contributed by atoms with E-state index in [-0.39, 0.29) is 5.41 Å². The van der Waals surface area contributed by atoms with Gasteiger partial charge in [0.05, 0.1) is 33.1 Å². The van der Waals surface area contributed by atoms with Crippen LogP contribution in [0.25, 0.3) is 195 Å². The lowest BCUT2D eigenvalue weighted by molar-refractivity contribution is 0.664. The molecule has 1 aliphatic rings. The Labute approximate surface area is 598 Å². The third-order valence-corrected chi connectivity index (χ3v) is 21.5. The van der Waals surface area contributed by atoms with E-state index < -0.39 is 0 Å². The van der Waals surface area contributed by atoms with E-state index >= 15 is 0 Å². The van der Waals surface area contributed by atoms with Crippen molar-refractivity contribution in [2.45, 2.75) is 19.3 Å². The van der Waals surface area contributed by atoms with Crippen molar-refractivity contribution in [1.29, 1.82) is 0 Å². The quantitative estimate of drug-likeness (QED) is 0.135. The van der Waals surface area contributed by atoms with E-state index in [2.05, 4.69) is 282 Å². The average molecular weight is 1330 g/mol. The van der Waals surface area contributed by atoms with Gasteiger partial charge < -0.3 is 13.7 Å². The summed E-state index contributed by atoms with van der Waals surface area (Å²) in [5, 5.41) is 12.2. The third-order valence-electron chi connectivity index (χ3n) is 21.5. The molecule has 0 saturated carbocycles. The number of para-hydroxylation sites is 4. The fraction of sp³-hybridized carbons (Fsp3) is 0.0316. The SMILES string of the molecule is CC1(C)c2ccccc2-c2c1c1c(c3ccc(-c4cccc(-c5nc(-c6ccccc6)nc(-c6ccc(-n7c8ccccc8c8c9ccccc9c9c%10ccccc%10n(-c%10ccccc%10)c9c87)cc6)n5)c4)cc23)c2ccccc2n1-c1ccc(-c2nc(-c3ccccc3)nc(-c3ccccc3)n2)cc1. The standard InChI is InChI=1S/C95H61N9/c1-95(2)77-42-21-17-38-72(77)81-76-57-64(50-55-71(76)82-73-39-18-22-43-78(73)102(86(82)85(81)95)67-51-46-61(47-52-67)92-97-89(58-26-7-3-8-27-58)96-90(98-92)59-28-9-4-10-29-59)63-32-25-33-65(56-63)94-100-91(60-30-11-5-12-31-60)99-93(101-94)62-48-53-68(54-49-62)104-80-45-24-20-41-75(80)84-70-37-16-15-36-69(70)83-74-40-19-23-44-79(74)103(87(83)88(84)104)66-34-13-6-14-35-66/h3-57H,1-2H3. The zero-order chi connectivity index (χ0) is 68.7. The van der Waals surface area contributed by atoms with Gasteiger partial charge in [0.1, 0.15) is 0 Å². The molecule has 15 aromatic carbocycles. The molecule has 0 atom stereocenters. The minimum atomic E-state index is -0.363. The minimum Gasteiger partial charge on any atom is -0.309 e. The van der Waals surface area contributed by atoms with Gasteiger partial charge in [0.15, 0.2) is 34.9 Å². The van der Waals surface area contributed by atoms with Crippen LogP contribution in [0.3, 0.4) is 0 Å². The molecule has 0 unspecified atom stereocenters. The number of nitrogens with zero attached hydrogens (tertiary/aromatic N) is 9. The zero-order valence-electron chi connectivity index (χ0n) is 56.8. The minimum absolute atomic E-state index is 0.363. The van der Waals surface area contributed by atoms with E-state index in [9.17, 15) is 0 Å². The second-order valence-corrected chi connectivity index (χ2v) is 27.7. The topological polar surface area (TPSA) is 92.1 Å². The molecule has 5 aromatic heterocycles. The molecule has 0 spiro atoms. The molecule has 0 bridgehead atoms. The number of benzene rings is 15. The maximum Gasteiger partial charge on any atom is 0.164 e. The van der Waals surface area contributed by atoms with Crippen LogP contribution < -0.4 is 0 Å². The fourth-order valence-corrected chi connectivity index (χ4v) is 16.8. The van der Waals surface area contributed by atoms with Crippen molar-refractivity contribution in [3.63, 3.8) is 0 Å². The van der Waals surface area contributed by atoms with Gasteiger partial charge in [-0.3, -0.25) is 0 Å². The Bertz CT molecular complexity index is 6840. The summed E-state index contributed by atoms with van der Waals surface area (Å²) in [6.07, 6.45) is 0. The van der Waals surface area contributed by atoms with E-state index in [1.54, 1.807) is 0 Å². The fourth-order valence-electron chi connectivity index (χ4n) is 16.8. The average Bonchev–Trinajstić information content (AvgIpc) is 1.50. The maximum absolute atomic E-state index is 5.41. The van der Waals surface area contributed by atoms with Gasteiger partial charge in [-0.2, -0.15) is 0 Å². The van der Waals surface area contributed by atoms with E-state index in [1.807, 2.05) is 78.9 Å². The van der Waals surface area contributed by atoms with Gasteiger partial charge >= 0.3 is 0 Å². The molecule has 1 aliphatic carbocycles. The number of rotatable bonds is 10.